The lowest BCUT2D eigenvalue weighted by Gasteiger charge is -2.33. The first-order chi connectivity index (χ1) is 8.31. The Labute approximate surface area is 111 Å². The van der Waals surface area contributed by atoms with Crippen molar-refractivity contribution in [3.63, 3.8) is 0 Å². The van der Waals surface area contributed by atoms with Crippen molar-refractivity contribution in [3.8, 4) is 0 Å². The fourth-order valence-corrected chi connectivity index (χ4v) is 1.99. The molecule has 1 amide bonds. The van der Waals surface area contributed by atoms with Gasteiger partial charge < -0.3 is 15.4 Å². The van der Waals surface area contributed by atoms with Crippen LogP contribution >= 0.6 is 0 Å². The molecule has 106 valence electrons. The van der Waals surface area contributed by atoms with E-state index in [1.807, 2.05) is 0 Å². The normalized spacial score (nSPS) is 19.6. The van der Waals surface area contributed by atoms with Gasteiger partial charge in [-0.05, 0) is 39.0 Å². The summed E-state index contributed by atoms with van der Waals surface area (Å²) < 4.78 is 5.35. The SMILES string of the molecule is CC1(CNC(=O)CCNC(C)(C)C)CCOCC1. The van der Waals surface area contributed by atoms with Crippen molar-refractivity contribution in [1.82, 2.24) is 10.6 Å². The van der Waals surface area contributed by atoms with Crippen LogP contribution in [0.15, 0.2) is 0 Å². The molecule has 1 saturated heterocycles. The van der Waals surface area contributed by atoms with E-state index in [4.69, 9.17) is 4.74 Å². The Balaban J connectivity index is 2.16. The van der Waals surface area contributed by atoms with Crippen molar-refractivity contribution in [3.05, 3.63) is 0 Å². The average Bonchev–Trinajstić information content (AvgIpc) is 2.26. The highest BCUT2D eigenvalue weighted by Crippen LogP contribution is 2.28. The highest BCUT2D eigenvalue weighted by Gasteiger charge is 2.27. The second-order valence-corrected chi connectivity index (χ2v) is 6.63. The van der Waals surface area contributed by atoms with Crippen LogP contribution < -0.4 is 10.6 Å². The predicted octanol–water partition coefficient (Wildman–Crippen LogP) is 1.70. The van der Waals surface area contributed by atoms with Crippen LogP contribution in [0.25, 0.3) is 0 Å². The molecule has 18 heavy (non-hydrogen) atoms. The maximum atomic E-state index is 11.7. The summed E-state index contributed by atoms with van der Waals surface area (Å²) in [6.07, 6.45) is 2.62. The molecule has 0 unspecified atom stereocenters. The van der Waals surface area contributed by atoms with Gasteiger partial charge in [0.2, 0.25) is 5.91 Å². The molecule has 0 aromatic heterocycles. The van der Waals surface area contributed by atoms with Crippen LogP contribution in [0.2, 0.25) is 0 Å². The fraction of sp³-hybridized carbons (Fsp3) is 0.929. The van der Waals surface area contributed by atoms with E-state index in [0.29, 0.717) is 6.42 Å². The van der Waals surface area contributed by atoms with E-state index < -0.39 is 0 Å². The van der Waals surface area contributed by atoms with Crippen LogP contribution in [0.3, 0.4) is 0 Å². The standard InChI is InChI=1S/C14H28N2O2/c1-13(2,3)16-8-5-12(17)15-11-14(4)6-9-18-10-7-14/h16H,5-11H2,1-4H3,(H,15,17). The van der Waals surface area contributed by atoms with Gasteiger partial charge >= 0.3 is 0 Å². The zero-order valence-electron chi connectivity index (χ0n) is 12.3. The van der Waals surface area contributed by atoms with E-state index in [2.05, 4.69) is 38.3 Å². The number of rotatable bonds is 5. The molecule has 0 saturated carbocycles. The minimum absolute atomic E-state index is 0.0764. The molecule has 0 aromatic carbocycles. The van der Waals surface area contributed by atoms with E-state index in [0.717, 1.165) is 39.1 Å². The minimum Gasteiger partial charge on any atom is -0.381 e. The first kappa shape index (κ1) is 15.4. The van der Waals surface area contributed by atoms with Gasteiger partial charge in [-0.15, -0.1) is 0 Å². The first-order valence-electron chi connectivity index (χ1n) is 6.90. The quantitative estimate of drug-likeness (QED) is 0.787. The molecule has 4 heteroatoms. The lowest BCUT2D eigenvalue weighted by molar-refractivity contribution is -0.121. The van der Waals surface area contributed by atoms with Crippen molar-refractivity contribution < 1.29 is 9.53 Å². The van der Waals surface area contributed by atoms with Gasteiger partial charge in [-0.3, -0.25) is 4.79 Å². The number of hydrogen-bond acceptors (Lipinski definition) is 3. The number of ether oxygens (including phenoxy) is 1. The third-order valence-corrected chi connectivity index (χ3v) is 3.42. The number of carbonyl (C=O) groups is 1. The Hall–Kier alpha value is -0.610. The Morgan fingerprint density at radius 3 is 2.44 bits per heavy atom. The molecule has 0 atom stereocenters. The lowest BCUT2D eigenvalue weighted by Crippen LogP contribution is -2.42. The Morgan fingerprint density at radius 2 is 1.89 bits per heavy atom. The van der Waals surface area contributed by atoms with Crippen LogP contribution in [-0.2, 0) is 9.53 Å². The van der Waals surface area contributed by atoms with E-state index in [-0.39, 0.29) is 16.9 Å². The van der Waals surface area contributed by atoms with Crippen LogP contribution in [-0.4, -0.2) is 37.7 Å². The molecule has 2 N–H and O–H groups in total. The molecule has 1 heterocycles. The maximum absolute atomic E-state index is 11.7. The molecule has 0 bridgehead atoms. The Bertz CT molecular complexity index is 265. The van der Waals surface area contributed by atoms with Crippen molar-refractivity contribution in [1.29, 1.82) is 0 Å². The molecule has 1 aliphatic heterocycles. The third kappa shape index (κ3) is 6.36. The van der Waals surface area contributed by atoms with Crippen LogP contribution in [0.4, 0.5) is 0 Å². The van der Waals surface area contributed by atoms with Gasteiger partial charge in [-0.2, -0.15) is 0 Å². The molecule has 0 radical (unpaired) electrons. The van der Waals surface area contributed by atoms with Crippen molar-refractivity contribution >= 4 is 5.91 Å². The van der Waals surface area contributed by atoms with Gasteiger partial charge in [0.15, 0.2) is 0 Å². The molecule has 0 aromatic rings. The lowest BCUT2D eigenvalue weighted by atomic mass is 9.82. The average molecular weight is 256 g/mol. The van der Waals surface area contributed by atoms with Gasteiger partial charge in [0.1, 0.15) is 0 Å². The monoisotopic (exact) mass is 256 g/mol. The Kier molecular flexibility index (Phi) is 5.60. The maximum Gasteiger partial charge on any atom is 0.221 e. The summed E-state index contributed by atoms with van der Waals surface area (Å²) in [5, 5.41) is 6.36. The highest BCUT2D eigenvalue weighted by molar-refractivity contribution is 5.76. The largest absolute Gasteiger partial charge is 0.381 e. The third-order valence-electron chi connectivity index (χ3n) is 3.42. The zero-order valence-corrected chi connectivity index (χ0v) is 12.3. The van der Waals surface area contributed by atoms with Gasteiger partial charge in [0.05, 0.1) is 0 Å². The number of amides is 1. The van der Waals surface area contributed by atoms with E-state index >= 15 is 0 Å². The highest BCUT2D eigenvalue weighted by atomic mass is 16.5. The molecule has 1 fully saturated rings. The van der Waals surface area contributed by atoms with Gasteiger partial charge in [-0.25, -0.2) is 0 Å². The van der Waals surface area contributed by atoms with Crippen molar-refractivity contribution in [2.45, 2.75) is 52.5 Å². The summed E-state index contributed by atoms with van der Waals surface area (Å²) in [6.45, 7) is 11.7. The topological polar surface area (TPSA) is 50.4 Å². The molecular weight excluding hydrogens is 228 g/mol. The number of hydrogen-bond donors (Lipinski definition) is 2. The summed E-state index contributed by atoms with van der Waals surface area (Å²) in [6, 6.07) is 0. The molecule has 1 aliphatic rings. The molecule has 0 aliphatic carbocycles. The summed E-state index contributed by atoms with van der Waals surface area (Å²) in [4.78, 5) is 11.7. The second kappa shape index (κ2) is 6.53. The van der Waals surface area contributed by atoms with Crippen LogP contribution in [0, 0.1) is 5.41 Å². The molecular formula is C14H28N2O2. The second-order valence-electron chi connectivity index (χ2n) is 6.63. The van der Waals surface area contributed by atoms with Crippen molar-refractivity contribution in [2.75, 3.05) is 26.3 Å². The van der Waals surface area contributed by atoms with Gasteiger partial charge in [-0.1, -0.05) is 6.92 Å². The predicted molar refractivity (Wildman–Crippen MR) is 73.5 cm³/mol. The summed E-state index contributed by atoms with van der Waals surface area (Å²) in [5.74, 6) is 0.138. The fourth-order valence-electron chi connectivity index (χ4n) is 1.99. The molecule has 0 spiro atoms. The smallest absolute Gasteiger partial charge is 0.221 e. The van der Waals surface area contributed by atoms with Crippen LogP contribution in [0.1, 0.15) is 47.0 Å². The van der Waals surface area contributed by atoms with E-state index in [1.165, 1.54) is 0 Å². The summed E-state index contributed by atoms with van der Waals surface area (Å²) in [5.41, 5.74) is 0.290. The zero-order chi connectivity index (χ0) is 13.6. The Morgan fingerprint density at radius 1 is 1.28 bits per heavy atom. The summed E-state index contributed by atoms with van der Waals surface area (Å²) in [7, 11) is 0. The van der Waals surface area contributed by atoms with E-state index in [9.17, 15) is 4.79 Å². The first-order valence-corrected chi connectivity index (χ1v) is 6.90. The number of nitrogens with one attached hydrogen (secondary N) is 2. The molecule has 4 nitrogen and oxygen atoms in total. The van der Waals surface area contributed by atoms with Crippen molar-refractivity contribution in [2.24, 2.45) is 5.41 Å². The summed E-state index contributed by atoms with van der Waals surface area (Å²) >= 11 is 0. The van der Waals surface area contributed by atoms with Gasteiger partial charge in [0.25, 0.3) is 0 Å². The molecule has 1 rings (SSSR count). The van der Waals surface area contributed by atoms with Gasteiger partial charge in [0, 0.05) is 38.3 Å². The van der Waals surface area contributed by atoms with Crippen LogP contribution in [0.5, 0.6) is 0 Å². The minimum atomic E-state index is 0.0764. The van der Waals surface area contributed by atoms with E-state index in [1.54, 1.807) is 0 Å². The number of carbonyl (C=O) groups excluding carboxylic acids is 1.